The summed E-state index contributed by atoms with van der Waals surface area (Å²) in [6.07, 6.45) is 3.25. The minimum atomic E-state index is -0.104. The second-order valence-electron chi connectivity index (χ2n) is 4.15. The number of allylic oxidation sites excluding steroid dienone is 1. The zero-order valence-corrected chi connectivity index (χ0v) is 10.5. The minimum Gasteiger partial charge on any atom is -0.377 e. The van der Waals surface area contributed by atoms with Crippen molar-refractivity contribution in [3.05, 3.63) is 11.6 Å². The van der Waals surface area contributed by atoms with Gasteiger partial charge in [-0.3, -0.25) is 0 Å². The number of ether oxygens (including phenoxy) is 1. The van der Waals surface area contributed by atoms with E-state index in [1.807, 2.05) is 0 Å². The molecule has 2 nitrogen and oxygen atoms in total. The largest absolute Gasteiger partial charge is 0.377 e. The van der Waals surface area contributed by atoms with Gasteiger partial charge in [0.1, 0.15) is 0 Å². The van der Waals surface area contributed by atoms with E-state index in [9.17, 15) is 0 Å². The van der Waals surface area contributed by atoms with Crippen LogP contribution in [0.3, 0.4) is 0 Å². The summed E-state index contributed by atoms with van der Waals surface area (Å²) in [6.45, 7) is 11.6. The van der Waals surface area contributed by atoms with Crippen LogP contribution >= 0.6 is 0 Å². The number of hydrogen-bond acceptors (Lipinski definition) is 2. The first-order chi connectivity index (χ1) is 6.50. The van der Waals surface area contributed by atoms with Gasteiger partial charge >= 0.3 is 0 Å². The molecule has 0 rings (SSSR count). The van der Waals surface area contributed by atoms with Crippen LogP contribution in [-0.4, -0.2) is 25.3 Å². The molecule has 0 aliphatic carbocycles. The predicted octanol–water partition coefficient (Wildman–Crippen LogP) is 2.75. The van der Waals surface area contributed by atoms with Crippen molar-refractivity contribution in [3.8, 4) is 0 Å². The lowest BCUT2D eigenvalue weighted by Crippen LogP contribution is -2.48. The normalized spacial score (nSPS) is 17.3. The second-order valence-corrected chi connectivity index (χ2v) is 4.15. The molecule has 0 aromatic rings. The van der Waals surface area contributed by atoms with Gasteiger partial charge in [-0.25, -0.2) is 0 Å². The lowest BCUT2D eigenvalue weighted by atomic mass is 9.91. The third kappa shape index (κ3) is 3.81. The van der Waals surface area contributed by atoms with Crippen LogP contribution in [0, 0.1) is 0 Å². The van der Waals surface area contributed by atoms with E-state index in [2.05, 4.69) is 46.0 Å². The van der Waals surface area contributed by atoms with E-state index in [0.717, 1.165) is 13.0 Å². The van der Waals surface area contributed by atoms with Crippen molar-refractivity contribution in [2.75, 3.05) is 13.7 Å². The van der Waals surface area contributed by atoms with Crippen molar-refractivity contribution in [3.63, 3.8) is 0 Å². The van der Waals surface area contributed by atoms with Gasteiger partial charge in [0, 0.05) is 7.11 Å². The van der Waals surface area contributed by atoms with Gasteiger partial charge in [0.25, 0.3) is 0 Å². The fourth-order valence-electron chi connectivity index (χ4n) is 1.50. The second kappa shape index (κ2) is 6.20. The van der Waals surface area contributed by atoms with Crippen LogP contribution in [0.5, 0.6) is 0 Å². The molecule has 0 heterocycles. The highest BCUT2D eigenvalue weighted by atomic mass is 16.5. The van der Waals surface area contributed by atoms with Crippen molar-refractivity contribution < 1.29 is 4.74 Å². The average molecular weight is 199 g/mol. The molecule has 0 aliphatic heterocycles. The maximum absolute atomic E-state index is 5.60. The molecule has 0 saturated carbocycles. The maximum atomic E-state index is 5.60. The number of likely N-dealkylation sites (N-methyl/N-ethyl adjacent to an activating group) is 1. The Balaban J connectivity index is 4.69. The Labute approximate surface area is 88.7 Å². The van der Waals surface area contributed by atoms with E-state index in [4.69, 9.17) is 4.74 Å². The molecule has 0 amide bonds. The van der Waals surface area contributed by atoms with Crippen LogP contribution in [0.4, 0.5) is 0 Å². The minimum absolute atomic E-state index is 0.104. The first kappa shape index (κ1) is 13.7. The lowest BCUT2D eigenvalue weighted by Gasteiger charge is -2.34. The molecule has 0 aromatic heterocycles. The lowest BCUT2D eigenvalue weighted by molar-refractivity contribution is -0.0160. The Morgan fingerprint density at radius 1 is 1.43 bits per heavy atom. The molecular formula is C12H25NO. The van der Waals surface area contributed by atoms with E-state index in [1.165, 1.54) is 5.57 Å². The molecule has 0 bridgehead atoms. The monoisotopic (exact) mass is 199 g/mol. The van der Waals surface area contributed by atoms with Crippen molar-refractivity contribution in [1.82, 2.24) is 5.32 Å². The zero-order valence-electron chi connectivity index (χ0n) is 10.5. The number of methoxy groups -OCH3 is 1. The Morgan fingerprint density at radius 2 is 2.00 bits per heavy atom. The highest BCUT2D eigenvalue weighted by Crippen LogP contribution is 2.21. The molecule has 2 heteroatoms. The van der Waals surface area contributed by atoms with Gasteiger partial charge in [-0.05, 0) is 33.7 Å². The van der Waals surface area contributed by atoms with Crippen LogP contribution in [0.25, 0.3) is 0 Å². The first-order valence-electron chi connectivity index (χ1n) is 5.43. The summed E-state index contributed by atoms with van der Waals surface area (Å²) in [5.41, 5.74) is 1.22. The summed E-state index contributed by atoms with van der Waals surface area (Å²) >= 11 is 0. The van der Waals surface area contributed by atoms with E-state index < -0.39 is 0 Å². The molecular weight excluding hydrogens is 174 g/mol. The summed E-state index contributed by atoms with van der Waals surface area (Å²) in [5, 5.41) is 3.46. The Bertz CT molecular complexity index is 179. The standard InChI is InChI=1S/C12H25NO/c1-7-12(5,14-6)11(13-8-2)9-10(3)4/h9,11,13H,7-8H2,1-6H3. The Kier molecular flexibility index (Phi) is 6.05. The van der Waals surface area contributed by atoms with Gasteiger partial charge in [0.2, 0.25) is 0 Å². The molecule has 0 aromatic carbocycles. The molecule has 0 fully saturated rings. The predicted molar refractivity (Wildman–Crippen MR) is 62.6 cm³/mol. The van der Waals surface area contributed by atoms with Gasteiger partial charge in [0.15, 0.2) is 0 Å². The molecule has 14 heavy (non-hydrogen) atoms. The Morgan fingerprint density at radius 3 is 2.29 bits per heavy atom. The molecule has 2 unspecified atom stereocenters. The first-order valence-corrected chi connectivity index (χ1v) is 5.43. The summed E-state index contributed by atoms with van der Waals surface area (Å²) in [7, 11) is 1.78. The van der Waals surface area contributed by atoms with Crippen molar-refractivity contribution in [2.45, 2.75) is 52.7 Å². The van der Waals surface area contributed by atoms with Gasteiger partial charge in [0.05, 0.1) is 11.6 Å². The SMILES string of the molecule is CCNC(C=C(C)C)C(C)(CC)OC. The van der Waals surface area contributed by atoms with Crippen molar-refractivity contribution >= 4 is 0 Å². The molecule has 0 radical (unpaired) electrons. The number of nitrogens with one attached hydrogen (secondary N) is 1. The fraction of sp³-hybridized carbons (Fsp3) is 0.833. The smallest absolute Gasteiger partial charge is 0.0836 e. The quantitative estimate of drug-likeness (QED) is 0.664. The molecule has 84 valence electrons. The van der Waals surface area contributed by atoms with Crippen LogP contribution in [0.2, 0.25) is 0 Å². The highest BCUT2D eigenvalue weighted by molar-refractivity contribution is 5.08. The van der Waals surface area contributed by atoms with Crippen LogP contribution in [-0.2, 0) is 4.74 Å². The molecule has 0 saturated heterocycles. The van der Waals surface area contributed by atoms with Gasteiger partial charge in [-0.15, -0.1) is 0 Å². The van der Waals surface area contributed by atoms with Crippen LogP contribution in [0.15, 0.2) is 11.6 Å². The highest BCUT2D eigenvalue weighted by Gasteiger charge is 2.30. The number of hydrogen-bond donors (Lipinski definition) is 1. The average Bonchev–Trinajstić information content (AvgIpc) is 2.15. The van der Waals surface area contributed by atoms with Crippen LogP contribution in [0.1, 0.15) is 41.0 Å². The van der Waals surface area contributed by atoms with E-state index in [0.29, 0.717) is 6.04 Å². The fourth-order valence-corrected chi connectivity index (χ4v) is 1.50. The van der Waals surface area contributed by atoms with E-state index in [-0.39, 0.29) is 5.60 Å². The third-order valence-corrected chi connectivity index (χ3v) is 2.75. The molecule has 1 N–H and O–H groups in total. The third-order valence-electron chi connectivity index (χ3n) is 2.75. The summed E-state index contributed by atoms with van der Waals surface area (Å²) in [5.74, 6) is 0. The van der Waals surface area contributed by atoms with Gasteiger partial charge in [-0.1, -0.05) is 25.5 Å². The summed E-state index contributed by atoms with van der Waals surface area (Å²) in [6, 6.07) is 0.299. The zero-order chi connectivity index (χ0) is 11.2. The van der Waals surface area contributed by atoms with Crippen LogP contribution < -0.4 is 5.32 Å². The van der Waals surface area contributed by atoms with E-state index >= 15 is 0 Å². The molecule has 0 aliphatic rings. The maximum Gasteiger partial charge on any atom is 0.0836 e. The van der Waals surface area contributed by atoms with Crippen molar-refractivity contribution in [2.24, 2.45) is 0 Å². The molecule has 2 atom stereocenters. The number of rotatable bonds is 6. The topological polar surface area (TPSA) is 21.3 Å². The van der Waals surface area contributed by atoms with Gasteiger partial charge < -0.3 is 10.1 Å². The van der Waals surface area contributed by atoms with Gasteiger partial charge in [-0.2, -0.15) is 0 Å². The van der Waals surface area contributed by atoms with E-state index in [1.54, 1.807) is 7.11 Å². The summed E-state index contributed by atoms with van der Waals surface area (Å²) in [4.78, 5) is 0. The summed E-state index contributed by atoms with van der Waals surface area (Å²) < 4.78 is 5.60. The van der Waals surface area contributed by atoms with Crippen molar-refractivity contribution in [1.29, 1.82) is 0 Å². The Hall–Kier alpha value is -0.340. The molecule has 0 spiro atoms.